The van der Waals surface area contributed by atoms with Crippen molar-refractivity contribution in [3.63, 3.8) is 0 Å². The Morgan fingerprint density at radius 3 is 2.35 bits per heavy atom. The molecule has 0 saturated heterocycles. The van der Waals surface area contributed by atoms with Gasteiger partial charge in [0.25, 0.3) is 0 Å². The summed E-state index contributed by atoms with van der Waals surface area (Å²) in [5.41, 5.74) is 2.22. The van der Waals surface area contributed by atoms with Crippen LogP contribution in [0.2, 0.25) is 0 Å². The van der Waals surface area contributed by atoms with Crippen LogP contribution in [0.3, 0.4) is 0 Å². The molecule has 0 spiro atoms. The first-order chi connectivity index (χ1) is 8.26. The Bertz CT molecular complexity index is 503. The highest BCUT2D eigenvalue weighted by Crippen LogP contribution is 2.33. The summed E-state index contributed by atoms with van der Waals surface area (Å²) < 4.78 is 5.08. The van der Waals surface area contributed by atoms with E-state index >= 15 is 0 Å². The molecule has 17 heavy (non-hydrogen) atoms. The summed E-state index contributed by atoms with van der Waals surface area (Å²) >= 11 is 0. The van der Waals surface area contributed by atoms with Crippen LogP contribution < -0.4 is 4.74 Å². The lowest BCUT2D eigenvalue weighted by molar-refractivity contribution is 0.282. The second kappa shape index (κ2) is 4.89. The second-order valence-corrected chi connectivity index (χ2v) is 3.70. The molecule has 3 heteroatoms. The van der Waals surface area contributed by atoms with E-state index in [0.29, 0.717) is 11.1 Å². The minimum Gasteiger partial charge on any atom is -0.507 e. The minimum atomic E-state index is -0.101. The van der Waals surface area contributed by atoms with E-state index in [1.54, 1.807) is 25.3 Å². The van der Waals surface area contributed by atoms with Crippen LogP contribution in [0.5, 0.6) is 11.5 Å². The molecule has 0 fully saturated rings. The summed E-state index contributed by atoms with van der Waals surface area (Å²) in [5.74, 6) is 0.927. The van der Waals surface area contributed by atoms with Gasteiger partial charge in [0, 0.05) is 5.56 Å². The maximum atomic E-state index is 9.86. The Hall–Kier alpha value is -2.00. The molecule has 0 amide bonds. The van der Waals surface area contributed by atoms with Gasteiger partial charge in [0.05, 0.1) is 13.7 Å². The van der Waals surface area contributed by atoms with E-state index < -0.39 is 0 Å². The Kier molecular flexibility index (Phi) is 3.30. The number of aromatic hydroxyl groups is 1. The summed E-state index contributed by atoms with van der Waals surface area (Å²) in [4.78, 5) is 0. The summed E-state index contributed by atoms with van der Waals surface area (Å²) in [7, 11) is 1.61. The molecule has 0 unspecified atom stereocenters. The molecule has 2 N–H and O–H groups in total. The number of rotatable bonds is 3. The first kappa shape index (κ1) is 11.5. The number of hydrogen-bond acceptors (Lipinski definition) is 3. The molecule has 88 valence electrons. The van der Waals surface area contributed by atoms with Crippen LogP contribution in [0.25, 0.3) is 11.1 Å². The minimum absolute atomic E-state index is 0.101. The third-order valence-electron chi connectivity index (χ3n) is 2.68. The van der Waals surface area contributed by atoms with Gasteiger partial charge in [0.1, 0.15) is 11.5 Å². The largest absolute Gasteiger partial charge is 0.507 e. The molecule has 0 aliphatic carbocycles. The summed E-state index contributed by atoms with van der Waals surface area (Å²) in [6.07, 6.45) is 0. The van der Waals surface area contributed by atoms with Crippen molar-refractivity contribution < 1.29 is 14.9 Å². The van der Waals surface area contributed by atoms with Crippen LogP contribution in [0, 0.1) is 0 Å². The van der Waals surface area contributed by atoms with E-state index in [9.17, 15) is 10.2 Å². The summed E-state index contributed by atoms with van der Waals surface area (Å²) in [5, 5.41) is 19.1. The average molecular weight is 230 g/mol. The topological polar surface area (TPSA) is 49.7 Å². The van der Waals surface area contributed by atoms with Crippen LogP contribution in [0.1, 0.15) is 5.56 Å². The molecule has 3 nitrogen and oxygen atoms in total. The lowest BCUT2D eigenvalue weighted by Crippen LogP contribution is -1.90. The number of benzene rings is 2. The van der Waals surface area contributed by atoms with Crippen molar-refractivity contribution in [1.29, 1.82) is 0 Å². The fourth-order valence-corrected chi connectivity index (χ4v) is 1.81. The zero-order valence-corrected chi connectivity index (χ0v) is 9.55. The number of phenols is 1. The number of ether oxygens (including phenoxy) is 1. The highest BCUT2D eigenvalue weighted by atomic mass is 16.5. The fourth-order valence-electron chi connectivity index (χ4n) is 1.81. The molecule has 0 radical (unpaired) electrons. The highest BCUT2D eigenvalue weighted by Gasteiger charge is 2.09. The number of aliphatic hydroxyl groups excluding tert-OH is 1. The smallest absolute Gasteiger partial charge is 0.123 e. The van der Waals surface area contributed by atoms with Gasteiger partial charge in [-0.2, -0.15) is 0 Å². The first-order valence-corrected chi connectivity index (χ1v) is 5.32. The van der Waals surface area contributed by atoms with Crippen molar-refractivity contribution in [2.24, 2.45) is 0 Å². The van der Waals surface area contributed by atoms with Gasteiger partial charge in [-0.05, 0) is 29.3 Å². The Balaban J connectivity index is 2.51. The van der Waals surface area contributed by atoms with Crippen molar-refractivity contribution >= 4 is 0 Å². The quantitative estimate of drug-likeness (QED) is 0.852. The van der Waals surface area contributed by atoms with Crippen LogP contribution >= 0.6 is 0 Å². The van der Waals surface area contributed by atoms with E-state index in [4.69, 9.17) is 4.74 Å². The molecule has 2 aromatic rings. The average Bonchev–Trinajstić information content (AvgIpc) is 2.38. The molecule has 2 rings (SSSR count). The first-order valence-electron chi connectivity index (χ1n) is 5.32. The van der Waals surface area contributed by atoms with Crippen molar-refractivity contribution in [3.8, 4) is 22.6 Å². The van der Waals surface area contributed by atoms with Crippen LogP contribution in [-0.2, 0) is 6.61 Å². The normalized spacial score (nSPS) is 10.2. The molecular weight excluding hydrogens is 216 g/mol. The van der Waals surface area contributed by atoms with E-state index in [-0.39, 0.29) is 12.4 Å². The maximum absolute atomic E-state index is 9.86. The van der Waals surface area contributed by atoms with Gasteiger partial charge in [-0.3, -0.25) is 0 Å². The van der Waals surface area contributed by atoms with Crippen LogP contribution in [0.4, 0.5) is 0 Å². The molecular formula is C14H14O3. The number of methoxy groups -OCH3 is 1. The molecule has 0 atom stereocenters. The number of aliphatic hydroxyl groups is 1. The van der Waals surface area contributed by atoms with Gasteiger partial charge in [-0.25, -0.2) is 0 Å². The molecule has 0 saturated carbocycles. The number of phenolic OH excluding ortho intramolecular Hbond substituents is 1. The van der Waals surface area contributed by atoms with Crippen molar-refractivity contribution in [1.82, 2.24) is 0 Å². The summed E-state index contributed by atoms with van der Waals surface area (Å²) in [6.45, 7) is -0.101. The highest BCUT2D eigenvalue weighted by molar-refractivity contribution is 5.73. The Morgan fingerprint density at radius 1 is 1.06 bits per heavy atom. The van der Waals surface area contributed by atoms with Gasteiger partial charge in [0.15, 0.2) is 0 Å². The van der Waals surface area contributed by atoms with E-state index in [2.05, 4.69) is 0 Å². The molecule has 0 aliphatic rings. The van der Waals surface area contributed by atoms with Crippen molar-refractivity contribution in [2.45, 2.75) is 6.61 Å². The lowest BCUT2D eigenvalue weighted by Gasteiger charge is -2.10. The maximum Gasteiger partial charge on any atom is 0.123 e. The van der Waals surface area contributed by atoms with Crippen LogP contribution in [-0.4, -0.2) is 17.3 Å². The predicted molar refractivity (Wildman–Crippen MR) is 66.0 cm³/mol. The fraction of sp³-hybridized carbons (Fsp3) is 0.143. The van der Waals surface area contributed by atoms with E-state index in [1.807, 2.05) is 24.3 Å². The van der Waals surface area contributed by atoms with Gasteiger partial charge in [0.2, 0.25) is 0 Å². The van der Waals surface area contributed by atoms with Gasteiger partial charge in [-0.1, -0.05) is 24.3 Å². The molecule has 2 aromatic carbocycles. The Morgan fingerprint density at radius 2 is 1.76 bits per heavy atom. The second-order valence-electron chi connectivity index (χ2n) is 3.70. The molecule has 0 aliphatic heterocycles. The van der Waals surface area contributed by atoms with Gasteiger partial charge < -0.3 is 14.9 Å². The van der Waals surface area contributed by atoms with Gasteiger partial charge >= 0.3 is 0 Å². The third kappa shape index (κ3) is 2.24. The monoisotopic (exact) mass is 230 g/mol. The third-order valence-corrected chi connectivity index (χ3v) is 2.68. The van der Waals surface area contributed by atoms with E-state index in [1.165, 1.54) is 0 Å². The zero-order valence-electron chi connectivity index (χ0n) is 9.55. The predicted octanol–water partition coefficient (Wildman–Crippen LogP) is 2.56. The van der Waals surface area contributed by atoms with Crippen LogP contribution in [0.15, 0.2) is 42.5 Å². The SMILES string of the molecule is COc1ccc(-c2c(O)cccc2CO)cc1. The van der Waals surface area contributed by atoms with Gasteiger partial charge in [-0.15, -0.1) is 0 Å². The Labute approximate surface area is 99.9 Å². The molecule has 0 aromatic heterocycles. The molecule has 0 bridgehead atoms. The van der Waals surface area contributed by atoms with Crippen molar-refractivity contribution in [3.05, 3.63) is 48.0 Å². The standard InChI is InChI=1S/C14H14O3/c1-17-12-7-5-10(6-8-12)14-11(9-15)3-2-4-13(14)16/h2-8,15-16H,9H2,1H3. The molecule has 0 heterocycles. The van der Waals surface area contributed by atoms with Crippen molar-refractivity contribution in [2.75, 3.05) is 7.11 Å². The zero-order chi connectivity index (χ0) is 12.3. The lowest BCUT2D eigenvalue weighted by atomic mass is 9.99. The summed E-state index contributed by atoms with van der Waals surface area (Å²) in [6, 6.07) is 12.5. The number of hydrogen-bond donors (Lipinski definition) is 2. The van der Waals surface area contributed by atoms with E-state index in [0.717, 1.165) is 11.3 Å².